The molecule has 1 aliphatic carbocycles. The zero-order valence-corrected chi connectivity index (χ0v) is 14.8. The Morgan fingerprint density at radius 2 is 1.57 bits per heavy atom. The molecular formula is C17H30N2O3S. The van der Waals surface area contributed by atoms with Crippen LogP contribution in [0, 0.1) is 5.92 Å². The molecule has 0 radical (unpaired) electrons. The van der Waals surface area contributed by atoms with E-state index in [1.165, 1.54) is 25.7 Å². The lowest BCUT2D eigenvalue weighted by Crippen LogP contribution is -2.46. The fraction of sp³-hybridized carbons (Fsp3) is 0.941. The molecule has 23 heavy (non-hydrogen) atoms. The summed E-state index contributed by atoms with van der Waals surface area (Å²) >= 11 is 0. The topological polar surface area (TPSA) is 66.5 Å². The second-order valence-corrected chi connectivity index (χ2v) is 9.79. The van der Waals surface area contributed by atoms with Gasteiger partial charge in [-0.2, -0.15) is 0 Å². The fourth-order valence-corrected chi connectivity index (χ4v) is 6.09. The summed E-state index contributed by atoms with van der Waals surface area (Å²) in [5.74, 6) is 0.995. The van der Waals surface area contributed by atoms with Gasteiger partial charge in [-0.05, 0) is 45.2 Å². The van der Waals surface area contributed by atoms with Crippen molar-refractivity contribution in [1.82, 2.24) is 10.2 Å². The lowest BCUT2D eigenvalue weighted by atomic mass is 9.94. The molecule has 0 bridgehead atoms. The Kier molecular flexibility index (Phi) is 5.62. The summed E-state index contributed by atoms with van der Waals surface area (Å²) in [6, 6.07) is 0.564. The minimum absolute atomic E-state index is 0.118. The van der Waals surface area contributed by atoms with E-state index in [1.54, 1.807) is 0 Å². The van der Waals surface area contributed by atoms with E-state index in [2.05, 4.69) is 10.2 Å². The molecule has 0 aromatic rings. The van der Waals surface area contributed by atoms with Crippen molar-refractivity contribution in [2.45, 2.75) is 69.9 Å². The zero-order valence-electron chi connectivity index (χ0n) is 14.0. The van der Waals surface area contributed by atoms with E-state index >= 15 is 0 Å². The van der Waals surface area contributed by atoms with Gasteiger partial charge in [0, 0.05) is 18.0 Å². The highest BCUT2D eigenvalue weighted by Gasteiger charge is 2.35. The van der Waals surface area contributed by atoms with Gasteiger partial charge in [0.15, 0.2) is 9.84 Å². The molecule has 5 nitrogen and oxygen atoms in total. The van der Waals surface area contributed by atoms with Crippen LogP contribution in [-0.4, -0.2) is 55.9 Å². The van der Waals surface area contributed by atoms with E-state index in [-0.39, 0.29) is 17.9 Å². The maximum Gasteiger partial charge on any atom is 0.223 e. The van der Waals surface area contributed by atoms with Gasteiger partial charge in [0.25, 0.3) is 0 Å². The van der Waals surface area contributed by atoms with Crippen LogP contribution in [0.2, 0.25) is 0 Å². The first-order chi connectivity index (χ1) is 11.0. The number of piperidine rings is 1. The highest BCUT2D eigenvalue weighted by molar-refractivity contribution is 7.91. The van der Waals surface area contributed by atoms with E-state index in [1.807, 2.05) is 0 Å². The number of hydrogen-bond donors (Lipinski definition) is 1. The number of likely N-dealkylation sites (tertiary alicyclic amines) is 1. The molecule has 0 aromatic heterocycles. The van der Waals surface area contributed by atoms with Gasteiger partial charge in [-0.25, -0.2) is 8.42 Å². The number of rotatable bonds is 3. The second kappa shape index (κ2) is 7.51. The van der Waals surface area contributed by atoms with Crippen molar-refractivity contribution in [1.29, 1.82) is 0 Å². The summed E-state index contributed by atoms with van der Waals surface area (Å²) in [5, 5.41) is 3.27. The van der Waals surface area contributed by atoms with E-state index in [4.69, 9.17) is 0 Å². The minimum atomic E-state index is -2.82. The average molecular weight is 343 g/mol. The van der Waals surface area contributed by atoms with E-state index < -0.39 is 9.84 Å². The third-order valence-electron chi connectivity index (χ3n) is 5.83. The molecule has 1 saturated carbocycles. The van der Waals surface area contributed by atoms with Gasteiger partial charge in [-0.15, -0.1) is 0 Å². The quantitative estimate of drug-likeness (QED) is 0.793. The van der Waals surface area contributed by atoms with E-state index in [9.17, 15) is 13.2 Å². The normalized spacial score (nSPS) is 30.9. The molecule has 1 N–H and O–H groups in total. The predicted molar refractivity (Wildman–Crippen MR) is 91.0 cm³/mol. The van der Waals surface area contributed by atoms with Crippen molar-refractivity contribution in [3.63, 3.8) is 0 Å². The summed E-state index contributed by atoms with van der Waals surface area (Å²) in [4.78, 5) is 14.8. The average Bonchev–Trinajstić information content (AvgIpc) is 2.74. The van der Waals surface area contributed by atoms with Crippen LogP contribution in [0.15, 0.2) is 0 Å². The molecule has 1 amide bonds. The largest absolute Gasteiger partial charge is 0.353 e. The number of hydrogen-bond acceptors (Lipinski definition) is 4. The van der Waals surface area contributed by atoms with Crippen molar-refractivity contribution < 1.29 is 13.2 Å². The van der Waals surface area contributed by atoms with Gasteiger partial charge >= 0.3 is 0 Å². The first-order valence-electron chi connectivity index (χ1n) is 9.28. The van der Waals surface area contributed by atoms with Crippen LogP contribution >= 0.6 is 0 Å². The molecule has 2 heterocycles. The Morgan fingerprint density at radius 3 is 2.13 bits per heavy atom. The Morgan fingerprint density at radius 1 is 0.913 bits per heavy atom. The van der Waals surface area contributed by atoms with Crippen molar-refractivity contribution in [3.8, 4) is 0 Å². The minimum Gasteiger partial charge on any atom is -0.353 e. The zero-order chi connectivity index (χ0) is 16.3. The molecule has 2 saturated heterocycles. The van der Waals surface area contributed by atoms with Gasteiger partial charge in [0.05, 0.1) is 11.5 Å². The molecule has 132 valence electrons. The van der Waals surface area contributed by atoms with Crippen LogP contribution in [0.5, 0.6) is 0 Å². The summed E-state index contributed by atoms with van der Waals surface area (Å²) in [6.07, 6.45) is 9.84. The fourth-order valence-electron chi connectivity index (χ4n) is 4.33. The van der Waals surface area contributed by atoms with Crippen LogP contribution in [0.1, 0.15) is 57.8 Å². The van der Waals surface area contributed by atoms with Crippen LogP contribution in [0.25, 0.3) is 0 Å². The Hall–Kier alpha value is -0.620. The Bertz CT molecular complexity index is 504. The van der Waals surface area contributed by atoms with Crippen LogP contribution in [-0.2, 0) is 14.6 Å². The SMILES string of the molecule is O=C(NC1CCCCCC1)C1CCN(C2CCS(=O)(=O)C2)CC1. The third kappa shape index (κ3) is 4.69. The first kappa shape index (κ1) is 17.2. The molecule has 0 spiro atoms. The smallest absolute Gasteiger partial charge is 0.223 e. The lowest BCUT2D eigenvalue weighted by Gasteiger charge is -2.35. The van der Waals surface area contributed by atoms with Crippen molar-refractivity contribution in [2.75, 3.05) is 24.6 Å². The number of nitrogens with zero attached hydrogens (tertiary/aromatic N) is 1. The third-order valence-corrected chi connectivity index (χ3v) is 7.58. The van der Waals surface area contributed by atoms with Gasteiger partial charge in [0.1, 0.15) is 0 Å². The Balaban J connectivity index is 1.44. The van der Waals surface area contributed by atoms with Gasteiger partial charge in [-0.3, -0.25) is 9.69 Å². The maximum absolute atomic E-state index is 12.5. The number of amides is 1. The van der Waals surface area contributed by atoms with Crippen molar-refractivity contribution >= 4 is 15.7 Å². The number of carbonyl (C=O) groups is 1. The number of carbonyl (C=O) groups excluding carboxylic acids is 1. The monoisotopic (exact) mass is 342 g/mol. The van der Waals surface area contributed by atoms with Crippen molar-refractivity contribution in [3.05, 3.63) is 0 Å². The summed E-state index contributed by atoms with van der Waals surface area (Å²) in [6.45, 7) is 1.73. The summed E-state index contributed by atoms with van der Waals surface area (Å²) in [5.41, 5.74) is 0. The van der Waals surface area contributed by atoms with Gasteiger partial charge in [-0.1, -0.05) is 25.7 Å². The summed E-state index contributed by atoms with van der Waals surface area (Å²) < 4.78 is 23.2. The first-order valence-corrected chi connectivity index (χ1v) is 11.1. The maximum atomic E-state index is 12.5. The molecular weight excluding hydrogens is 312 g/mol. The predicted octanol–water partition coefficient (Wildman–Crippen LogP) is 1.72. The molecule has 3 aliphatic rings. The number of nitrogens with one attached hydrogen (secondary N) is 1. The van der Waals surface area contributed by atoms with Gasteiger partial charge < -0.3 is 5.32 Å². The van der Waals surface area contributed by atoms with Gasteiger partial charge in [0.2, 0.25) is 5.91 Å². The number of sulfone groups is 1. The van der Waals surface area contributed by atoms with E-state index in [0.717, 1.165) is 45.2 Å². The van der Waals surface area contributed by atoms with Crippen LogP contribution in [0.3, 0.4) is 0 Å². The van der Waals surface area contributed by atoms with Crippen molar-refractivity contribution in [2.24, 2.45) is 5.92 Å². The standard InChI is InChI=1S/C17H30N2O3S/c20-17(18-15-5-3-1-2-4-6-15)14-7-10-19(11-8-14)16-9-12-23(21,22)13-16/h14-16H,1-13H2,(H,18,20). The highest BCUT2D eigenvalue weighted by Crippen LogP contribution is 2.25. The second-order valence-electron chi connectivity index (χ2n) is 7.56. The van der Waals surface area contributed by atoms with Crippen LogP contribution < -0.4 is 5.32 Å². The highest BCUT2D eigenvalue weighted by atomic mass is 32.2. The van der Waals surface area contributed by atoms with Crippen LogP contribution in [0.4, 0.5) is 0 Å². The lowest BCUT2D eigenvalue weighted by molar-refractivity contribution is -0.127. The molecule has 0 aromatic carbocycles. The molecule has 3 rings (SSSR count). The Labute approximate surface area is 140 Å². The molecule has 2 aliphatic heterocycles. The summed E-state index contributed by atoms with van der Waals surface area (Å²) in [7, 11) is -2.82. The molecule has 1 unspecified atom stereocenters. The van der Waals surface area contributed by atoms with E-state index in [0.29, 0.717) is 17.5 Å². The molecule has 3 fully saturated rings. The molecule has 1 atom stereocenters. The molecule has 6 heteroatoms.